The Balaban J connectivity index is 3.12. The highest BCUT2D eigenvalue weighted by atomic mass is 19.1. The molecule has 0 aliphatic carbocycles. The Labute approximate surface area is 89.3 Å². The van der Waals surface area contributed by atoms with Crippen LogP contribution in [-0.4, -0.2) is 34.6 Å². The van der Waals surface area contributed by atoms with Crippen molar-refractivity contribution in [3.8, 4) is 0 Å². The minimum atomic E-state index is -1.16. The second-order valence-electron chi connectivity index (χ2n) is 3.00. The molecule has 16 heavy (non-hydrogen) atoms. The van der Waals surface area contributed by atoms with Gasteiger partial charge in [-0.3, -0.25) is 14.9 Å². The van der Waals surface area contributed by atoms with Crippen LogP contribution in [0.25, 0.3) is 0 Å². The average molecular weight is 229 g/mol. The Hall–Kier alpha value is -2.25. The highest BCUT2D eigenvalue weighted by molar-refractivity contribution is 5.74. The fourth-order valence-electron chi connectivity index (χ4n) is 1.13. The van der Waals surface area contributed by atoms with E-state index in [9.17, 15) is 19.3 Å². The zero-order valence-electron chi connectivity index (χ0n) is 8.25. The number of hydrogen-bond donors (Lipinski definition) is 1. The van der Waals surface area contributed by atoms with E-state index in [-0.39, 0.29) is 5.82 Å². The van der Waals surface area contributed by atoms with Crippen molar-refractivity contribution in [2.75, 3.05) is 18.5 Å². The summed E-state index contributed by atoms with van der Waals surface area (Å²) in [6, 6.07) is 0.695. The minimum Gasteiger partial charge on any atom is -0.480 e. The Morgan fingerprint density at radius 3 is 2.88 bits per heavy atom. The van der Waals surface area contributed by atoms with E-state index in [0.29, 0.717) is 6.07 Å². The molecule has 1 N–H and O–H groups in total. The molecule has 1 rings (SSSR count). The number of rotatable bonds is 4. The first-order valence-corrected chi connectivity index (χ1v) is 4.14. The summed E-state index contributed by atoms with van der Waals surface area (Å²) in [7, 11) is 1.32. The van der Waals surface area contributed by atoms with E-state index in [0.717, 1.165) is 11.1 Å². The first kappa shape index (κ1) is 11.8. The summed E-state index contributed by atoms with van der Waals surface area (Å²) in [6.45, 7) is -0.459. The third-order valence-corrected chi connectivity index (χ3v) is 1.74. The molecule has 1 heterocycles. The van der Waals surface area contributed by atoms with Gasteiger partial charge in [0.05, 0.1) is 17.2 Å². The summed E-state index contributed by atoms with van der Waals surface area (Å²) in [4.78, 5) is 24.7. The monoisotopic (exact) mass is 229 g/mol. The molecular formula is C8H8FN3O4. The summed E-state index contributed by atoms with van der Waals surface area (Å²) in [5.41, 5.74) is -0.566. The molecule has 0 bridgehead atoms. The number of anilines is 1. The molecule has 0 fully saturated rings. The molecule has 0 atom stereocenters. The second-order valence-corrected chi connectivity index (χ2v) is 3.00. The fourth-order valence-corrected chi connectivity index (χ4v) is 1.13. The van der Waals surface area contributed by atoms with Gasteiger partial charge in [-0.15, -0.1) is 0 Å². The fraction of sp³-hybridized carbons (Fsp3) is 0.250. The number of carboxylic acids is 1. The first-order valence-electron chi connectivity index (χ1n) is 4.14. The summed E-state index contributed by atoms with van der Waals surface area (Å²) in [5.74, 6) is -2.20. The maximum absolute atomic E-state index is 12.7. The van der Waals surface area contributed by atoms with Crippen molar-refractivity contribution in [1.82, 2.24) is 4.98 Å². The van der Waals surface area contributed by atoms with Crippen LogP contribution in [0, 0.1) is 15.9 Å². The zero-order valence-corrected chi connectivity index (χ0v) is 8.25. The van der Waals surface area contributed by atoms with E-state index < -0.39 is 28.9 Å². The third kappa shape index (κ3) is 2.62. The molecule has 0 aliphatic rings. The number of hydrogen-bond acceptors (Lipinski definition) is 5. The maximum atomic E-state index is 12.7. The highest BCUT2D eigenvalue weighted by Gasteiger charge is 2.21. The first-order chi connectivity index (χ1) is 7.41. The molecule has 0 saturated heterocycles. The lowest BCUT2D eigenvalue weighted by atomic mass is 10.3. The van der Waals surface area contributed by atoms with Crippen LogP contribution in [0.1, 0.15) is 0 Å². The van der Waals surface area contributed by atoms with Crippen LogP contribution in [0.3, 0.4) is 0 Å². The number of halogens is 1. The molecular weight excluding hydrogens is 221 g/mol. The van der Waals surface area contributed by atoms with Crippen molar-refractivity contribution in [2.45, 2.75) is 0 Å². The van der Waals surface area contributed by atoms with Crippen molar-refractivity contribution in [1.29, 1.82) is 0 Å². The summed E-state index contributed by atoms with van der Waals surface area (Å²) < 4.78 is 12.7. The van der Waals surface area contributed by atoms with E-state index in [1.807, 2.05) is 0 Å². The lowest BCUT2D eigenvalue weighted by Gasteiger charge is -2.14. The number of nitro groups is 1. The largest absolute Gasteiger partial charge is 0.480 e. The molecule has 0 unspecified atom stereocenters. The summed E-state index contributed by atoms with van der Waals surface area (Å²) in [5, 5.41) is 19.1. The van der Waals surface area contributed by atoms with Crippen molar-refractivity contribution in [2.24, 2.45) is 0 Å². The van der Waals surface area contributed by atoms with Gasteiger partial charge in [-0.1, -0.05) is 0 Å². The summed E-state index contributed by atoms with van der Waals surface area (Å²) >= 11 is 0. The van der Waals surface area contributed by atoms with Crippen LogP contribution >= 0.6 is 0 Å². The normalized spacial score (nSPS) is 9.88. The number of carboxylic acid groups (broad SMARTS) is 1. The number of aromatic nitrogens is 1. The van der Waals surface area contributed by atoms with Crippen LogP contribution in [-0.2, 0) is 4.79 Å². The Bertz CT molecular complexity index is 437. The van der Waals surface area contributed by atoms with Gasteiger partial charge in [0.1, 0.15) is 12.4 Å². The van der Waals surface area contributed by atoms with Gasteiger partial charge in [-0.05, 0) is 0 Å². The van der Waals surface area contributed by atoms with E-state index in [1.165, 1.54) is 7.05 Å². The zero-order chi connectivity index (χ0) is 12.3. The highest BCUT2D eigenvalue weighted by Crippen LogP contribution is 2.24. The van der Waals surface area contributed by atoms with Crippen LogP contribution in [0.2, 0.25) is 0 Å². The van der Waals surface area contributed by atoms with Gasteiger partial charge in [-0.2, -0.15) is 0 Å². The predicted octanol–water partition coefficient (Wildman–Crippen LogP) is 0.650. The van der Waals surface area contributed by atoms with Gasteiger partial charge in [0, 0.05) is 7.05 Å². The van der Waals surface area contributed by atoms with Crippen molar-refractivity contribution < 1.29 is 19.2 Å². The Kier molecular flexibility index (Phi) is 3.33. The molecule has 0 aliphatic heterocycles. The van der Waals surface area contributed by atoms with Gasteiger partial charge in [0.15, 0.2) is 0 Å². The molecule has 0 saturated carbocycles. The summed E-state index contributed by atoms with van der Waals surface area (Å²) in [6.07, 6.45) is 0.792. The van der Waals surface area contributed by atoms with Gasteiger partial charge < -0.3 is 10.0 Å². The second kappa shape index (κ2) is 4.51. The van der Waals surface area contributed by atoms with E-state index in [2.05, 4.69) is 4.98 Å². The topological polar surface area (TPSA) is 96.6 Å². The lowest BCUT2D eigenvalue weighted by Crippen LogP contribution is -2.26. The smallest absolute Gasteiger partial charge is 0.323 e. The van der Waals surface area contributed by atoms with E-state index >= 15 is 0 Å². The van der Waals surface area contributed by atoms with Gasteiger partial charge in [-0.25, -0.2) is 9.37 Å². The van der Waals surface area contributed by atoms with Crippen LogP contribution in [0.5, 0.6) is 0 Å². The molecule has 0 spiro atoms. The maximum Gasteiger partial charge on any atom is 0.323 e. The SMILES string of the molecule is CN(CC(=O)O)c1ncc(F)cc1[N+](=O)[O-]. The molecule has 0 amide bonds. The van der Waals surface area contributed by atoms with E-state index in [1.54, 1.807) is 0 Å². The number of nitrogens with zero attached hydrogens (tertiary/aromatic N) is 3. The third-order valence-electron chi connectivity index (χ3n) is 1.74. The molecule has 8 heteroatoms. The standard InChI is InChI=1S/C8H8FN3O4/c1-11(4-7(13)14)8-6(12(15)16)2-5(9)3-10-8/h2-3H,4H2,1H3,(H,13,14). The Morgan fingerprint density at radius 1 is 1.75 bits per heavy atom. The van der Waals surface area contributed by atoms with Gasteiger partial charge >= 0.3 is 11.7 Å². The van der Waals surface area contributed by atoms with Gasteiger partial charge in [0.25, 0.3) is 0 Å². The quantitative estimate of drug-likeness (QED) is 0.601. The average Bonchev–Trinajstić information content (AvgIpc) is 2.16. The van der Waals surface area contributed by atoms with Crippen LogP contribution < -0.4 is 4.90 Å². The number of pyridine rings is 1. The predicted molar refractivity (Wildman–Crippen MR) is 51.8 cm³/mol. The molecule has 0 aromatic carbocycles. The van der Waals surface area contributed by atoms with Crippen molar-refractivity contribution >= 4 is 17.5 Å². The van der Waals surface area contributed by atoms with Gasteiger partial charge in [0.2, 0.25) is 5.82 Å². The molecule has 1 aromatic heterocycles. The number of likely N-dealkylation sites (N-methyl/N-ethyl adjacent to an activating group) is 1. The number of aliphatic carboxylic acids is 1. The van der Waals surface area contributed by atoms with E-state index in [4.69, 9.17) is 5.11 Å². The van der Waals surface area contributed by atoms with Crippen LogP contribution in [0.4, 0.5) is 15.9 Å². The van der Waals surface area contributed by atoms with Crippen LogP contribution in [0.15, 0.2) is 12.3 Å². The molecule has 0 radical (unpaired) electrons. The van der Waals surface area contributed by atoms with Crippen molar-refractivity contribution in [3.05, 3.63) is 28.2 Å². The molecule has 7 nitrogen and oxygen atoms in total. The lowest BCUT2D eigenvalue weighted by molar-refractivity contribution is -0.384. The van der Waals surface area contributed by atoms with Crippen molar-refractivity contribution in [3.63, 3.8) is 0 Å². The molecule has 86 valence electrons. The molecule has 1 aromatic rings. The number of carbonyl (C=O) groups is 1. The Morgan fingerprint density at radius 2 is 2.38 bits per heavy atom. The minimum absolute atomic E-state index is 0.186.